The minimum absolute atomic E-state index is 0.0965. The Bertz CT molecular complexity index is 900. The fraction of sp³-hybridized carbons (Fsp3) is 0.476. The number of piperidine rings is 1. The molecule has 0 saturated carbocycles. The Labute approximate surface area is 184 Å². The van der Waals surface area contributed by atoms with Crippen molar-refractivity contribution in [3.63, 3.8) is 0 Å². The minimum atomic E-state index is 0.0965. The van der Waals surface area contributed by atoms with E-state index in [4.69, 9.17) is 4.98 Å². The molecule has 2 aromatic rings. The molecule has 0 atom stereocenters. The molecule has 2 saturated heterocycles. The fourth-order valence-electron chi connectivity index (χ4n) is 3.87. The van der Waals surface area contributed by atoms with E-state index in [9.17, 15) is 9.59 Å². The third-order valence-electron chi connectivity index (χ3n) is 5.50. The second kappa shape index (κ2) is 9.10. The van der Waals surface area contributed by atoms with E-state index in [0.717, 1.165) is 57.1 Å². The van der Waals surface area contributed by atoms with Crippen molar-refractivity contribution in [3.05, 3.63) is 46.1 Å². The predicted molar refractivity (Wildman–Crippen MR) is 121 cm³/mol. The molecule has 0 aromatic carbocycles. The quantitative estimate of drug-likeness (QED) is 0.653. The molecule has 154 valence electrons. The second-order valence-corrected chi connectivity index (χ2v) is 10.6. The molecule has 2 aromatic heterocycles. The highest BCUT2D eigenvalue weighted by atomic mass is 32.2. The lowest BCUT2D eigenvalue weighted by Crippen LogP contribution is -2.38. The van der Waals surface area contributed by atoms with Gasteiger partial charge in [-0.05, 0) is 50.3 Å². The Morgan fingerprint density at radius 3 is 2.52 bits per heavy atom. The van der Waals surface area contributed by atoms with E-state index in [2.05, 4.69) is 0 Å². The van der Waals surface area contributed by atoms with E-state index in [1.807, 2.05) is 47.2 Å². The molecule has 0 aliphatic carbocycles. The van der Waals surface area contributed by atoms with E-state index in [0.29, 0.717) is 13.1 Å². The molecule has 0 unspecified atom stereocenters. The zero-order valence-corrected chi connectivity index (χ0v) is 19.2. The maximum absolute atomic E-state index is 13.0. The topological polar surface area (TPSA) is 53.5 Å². The van der Waals surface area contributed by atoms with Crippen molar-refractivity contribution in [2.24, 2.45) is 0 Å². The molecule has 0 radical (unpaired) electrons. The van der Waals surface area contributed by atoms with Gasteiger partial charge < -0.3 is 9.80 Å². The molecule has 2 aliphatic rings. The molecule has 5 nitrogen and oxygen atoms in total. The fourth-order valence-corrected chi connectivity index (χ4v) is 6.33. The van der Waals surface area contributed by atoms with Crippen LogP contribution in [0.2, 0.25) is 0 Å². The van der Waals surface area contributed by atoms with Crippen molar-refractivity contribution in [3.8, 4) is 0 Å². The van der Waals surface area contributed by atoms with E-state index in [1.165, 1.54) is 0 Å². The predicted octanol–water partition coefficient (Wildman–Crippen LogP) is 4.34. The largest absolute Gasteiger partial charge is 0.338 e. The van der Waals surface area contributed by atoms with Crippen molar-refractivity contribution in [2.75, 3.05) is 37.5 Å². The average Bonchev–Trinajstić information content (AvgIpc) is 3.45. The number of pyridine rings is 1. The molecular weight excluding hydrogens is 422 g/mol. The molecule has 2 aliphatic heterocycles. The Hall–Kier alpha value is -1.51. The standard InChI is InChI=1S/C21H25N3O2S3/c1-14-3-4-16(20(25)24-11-12-28-13-24)19(22-14)15-7-9-23(10-8-15)21(26)17-5-6-18(27-2)29-17/h3-6,15H,7-13H2,1-2H3. The number of thiophene rings is 1. The summed E-state index contributed by atoms with van der Waals surface area (Å²) in [6.07, 6.45) is 3.72. The van der Waals surface area contributed by atoms with E-state index >= 15 is 0 Å². The third-order valence-corrected chi connectivity index (χ3v) is 8.62. The number of hydrogen-bond donors (Lipinski definition) is 0. The number of rotatable bonds is 4. The van der Waals surface area contributed by atoms with Crippen LogP contribution in [0.1, 0.15) is 50.2 Å². The summed E-state index contributed by atoms with van der Waals surface area (Å²) in [7, 11) is 0. The van der Waals surface area contributed by atoms with Gasteiger partial charge in [-0.1, -0.05) is 0 Å². The van der Waals surface area contributed by atoms with E-state index in [1.54, 1.807) is 34.9 Å². The molecule has 2 amide bonds. The van der Waals surface area contributed by atoms with Gasteiger partial charge in [0.15, 0.2) is 0 Å². The van der Waals surface area contributed by atoms with Gasteiger partial charge in [0.2, 0.25) is 0 Å². The molecule has 8 heteroatoms. The lowest BCUT2D eigenvalue weighted by Gasteiger charge is -2.32. The zero-order valence-electron chi connectivity index (χ0n) is 16.7. The van der Waals surface area contributed by atoms with Crippen LogP contribution in [0.25, 0.3) is 0 Å². The normalized spacial score (nSPS) is 17.7. The van der Waals surface area contributed by atoms with Crippen LogP contribution >= 0.6 is 34.9 Å². The van der Waals surface area contributed by atoms with Crippen LogP contribution in [0.3, 0.4) is 0 Å². The number of aromatic nitrogens is 1. The van der Waals surface area contributed by atoms with Crippen LogP contribution in [-0.4, -0.2) is 64.1 Å². The monoisotopic (exact) mass is 447 g/mol. The molecular formula is C21H25N3O2S3. The maximum atomic E-state index is 13.0. The molecule has 0 bridgehead atoms. The summed E-state index contributed by atoms with van der Waals surface area (Å²) in [5.74, 6) is 2.20. The van der Waals surface area contributed by atoms with Gasteiger partial charge in [-0.15, -0.1) is 34.9 Å². The number of nitrogens with zero attached hydrogens (tertiary/aromatic N) is 3. The summed E-state index contributed by atoms with van der Waals surface area (Å²) >= 11 is 5.03. The van der Waals surface area contributed by atoms with Crippen LogP contribution < -0.4 is 0 Å². The van der Waals surface area contributed by atoms with E-state index < -0.39 is 0 Å². The van der Waals surface area contributed by atoms with Crippen LogP contribution in [0.4, 0.5) is 0 Å². The van der Waals surface area contributed by atoms with Crippen LogP contribution in [-0.2, 0) is 0 Å². The van der Waals surface area contributed by atoms with Crippen LogP contribution in [0, 0.1) is 6.92 Å². The van der Waals surface area contributed by atoms with Gasteiger partial charge in [0.05, 0.1) is 26.2 Å². The van der Waals surface area contributed by atoms with Crippen molar-refractivity contribution >= 4 is 46.7 Å². The molecule has 4 rings (SSSR count). The zero-order chi connectivity index (χ0) is 20.4. The Morgan fingerprint density at radius 2 is 1.86 bits per heavy atom. The first-order chi connectivity index (χ1) is 14.1. The van der Waals surface area contributed by atoms with E-state index in [-0.39, 0.29) is 17.7 Å². The molecule has 29 heavy (non-hydrogen) atoms. The van der Waals surface area contributed by atoms with Gasteiger partial charge in [-0.25, -0.2) is 0 Å². The lowest BCUT2D eigenvalue weighted by atomic mass is 9.89. The second-order valence-electron chi connectivity index (χ2n) is 7.38. The van der Waals surface area contributed by atoms with Crippen LogP contribution in [0.5, 0.6) is 0 Å². The van der Waals surface area contributed by atoms with Gasteiger partial charge in [-0.2, -0.15) is 0 Å². The van der Waals surface area contributed by atoms with Crippen molar-refractivity contribution in [1.29, 1.82) is 0 Å². The summed E-state index contributed by atoms with van der Waals surface area (Å²) < 4.78 is 1.16. The Balaban J connectivity index is 1.47. The number of likely N-dealkylation sites (tertiary alicyclic amines) is 1. The summed E-state index contributed by atoms with van der Waals surface area (Å²) in [6.45, 7) is 4.20. The average molecular weight is 448 g/mol. The highest BCUT2D eigenvalue weighted by Crippen LogP contribution is 2.32. The Kier molecular flexibility index (Phi) is 6.51. The molecule has 2 fully saturated rings. The summed E-state index contributed by atoms with van der Waals surface area (Å²) in [4.78, 5) is 35.3. The summed E-state index contributed by atoms with van der Waals surface area (Å²) in [6, 6.07) is 7.81. The number of amides is 2. The van der Waals surface area contributed by atoms with Gasteiger partial charge in [-0.3, -0.25) is 14.6 Å². The highest BCUT2D eigenvalue weighted by Gasteiger charge is 2.30. The van der Waals surface area contributed by atoms with Gasteiger partial charge in [0.1, 0.15) is 0 Å². The van der Waals surface area contributed by atoms with Crippen molar-refractivity contribution in [2.45, 2.75) is 29.9 Å². The molecule has 4 heterocycles. The molecule has 0 spiro atoms. The third kappa shape index (κ3) is 4.49. The molecule has 0 N–H and O–H groups in total. The number of carbonyl (C=O) groups excluding carboxylic acids is 2. The summed E-state index contributed by atoms with van der Waals surface area (Å²) in [5.41, 5.74) is 2.60. The number of hydrogen-bond acceptors (Lipinski definition) is 6. The number of carbonyl (C=O) groups is 2. The van der Waals surface area contributed by atoms with Crippen molar-refractivity contribution in [1.82, 2.24) is 14.8 Å². The van der Waals surface area contributed by atoms with Crippen LogP contribution in [0.15, 0.2) is 28.5 Å². The van der Waals surface area contributed by atoms with Gasteiger partial charge in [0.25, 0.3) is 11.8 Å². The highest BCUT2D eigenvalue weighted by molar-refractivity contribution is 8.00. The van der Waals surface area contributed by atoms with Gasteiger partial charge in [0, 0.05) is 37.0 Å². The first kappa shape index (κ1) is 20.8. The number of thioether (sulfide) groups is 2. The lowest BCUT2D eigenvalue weighted by molar-refractivity contribution is 0.0712. The smallest absolute Gasteiger partial charge is 0.263 e. The first-order valence-corrected chi connectivity index (χ1v) is 13.0. The van der Waals surface area contributed by atoms with Crippen molar-refractivity contribution < 1.29 is 9.59 Å². The Morgan fingerprint density at radius 1 is 1.07 bits per heavy atom. The van der Waals surface area contributed by atoms with Gasteiger partial charge >= 0.3 is 0 Å². The SMILES string of the molecule is CSc1ccc(C(=O)N2CCC(c3nc(C)ccc3C(=O)N3CCSC3)CC2)s1. The maximum Gasteiger partial charge on any atom is 0.263 e. The minimum Gasteiger partial charge on any atom is -0.338 e. The number of aryl methyl sites for hydroxylation is 1. The first-order valence-electron chi connectivity index (χ1n) is 9.84. The summed E-state index contributed by atoms with van der Waals surface area (Å²) in [5, 5.41) is 0.